The molecule has 0 aliphatic carbocycles. The molecule has 21 heavy (non-hydrogen) atoms. The summed E-state index contributed by atoms with van der Waals surface area (Å²) in [6, 6.07) is 3.49. The molecule has 1 N–H and O–H groups in total. The van der Waals surface area contributed by atoms with Gasteiger partial charge >= 0.3 is 0 Å². The van der Waals surface area contributed by atoms with Crippen LogP contribution >= 0.6 is 0 Å². The molecule has 1 saturated heterocycles. The summed E-state index contributed by atoms with van der Waals surface area (Å²) in [5.41, 5.74) is 1.55. The Balaban J connectivity index is 2.25. The Morgan fingerprint density at radius 3 is 2.62 bits per heavy atom. The molecule has 2 rings (SSSR count). The van der Waals surface area contributed by atoms with E-state index in [0.29, 0.717) is 17.1 Å². The molecule has 1 unspecified atom stereocenters. The van der Waals surface area contributed by atoms with Gasteiger partial charge in [-0.25, -0.2) is 13.1 Å². The van der Waals surface area contributed by atoms with Gasteiger partial charge in [0.25, 0.3) is 0 Å². The zero-order valence-corrected chi connectivity index (χ0v) is 14.0. The Kier molecular flexibility index (Phi) is 4.91. The summed E-state index contributed by atoms with van der Waals surface area (Å²) in [6.07, 6.45) is 0.852. The van der Waals surface area contributed by atoms with Gasteiger partial charge in [-0.05, 0) is 64.0 Å². The first-order valence-electron chi connectivity index (χ1n) is 7.28. The monoisotopic (exact) mass is 312 g/mol. The number of aryl methyl sites for hydroxylation is 2. The molecule has 6 heteroatoms. The zero-order chi connectivity index (χ0) is 15.6. The van der Waals surface area contributed by atoms with Crippen LogP contribution in [0.2, 0.25) is 0 Å². The van der Waals surface area contributed by atoms with E-state index in [1.807, 2.05) is 20.9 Å². The molecule has 5 nitrogen and oxygen atoms in total. The van der Waals surface area contributed by atoms with E-state index < -0.39 is 10.0 Å². The average Bonchev–Trinajstić information content (AvgIpc) is 2.78. The third-order valence-corrected chi connectivity index (χ3v) is 5.44. The highest BCUT2D eigenvalue weighted by molar-refractivity contribution is 7.89. The van der Waals surface area contributed by atoms with E-state index in [9.17, 15) is 8.42 Å². The molecule has 1 heterocycles. The summed E-state index contributed by atoms with van der Waals surface area (Å²) in [5, 5.41) is 0. The molecule has 0 bridgehead atoms. The van der Waals surface area contributed by atoms with Crippen LogP contribution in [0.4, 0.5) is 0 Å². The van der Waals surface area contributed by atoms with Crippen LogP contribution in [0.1, 0.15) is 24.5 Å². The maximum Gasteiger partial charge on any atom is 0.241 e. The van der Waals surface area contributed by atoms with Crippen molar-refractivity contribution in [1.82, 2.24) is 9.62 Å². The van der Waals surface area contributed by atoms with Crippen LogP contribution < -0.4 is 9.46 Å². The predicted molar refractivity (Wildman–Crippen MR) is 83.3 cm³/mol. The molecule has 0 amide bonds. The fraction of sp³-hybridized carbons (Fsp3) is 0.600. The van der Waals surface area contributed by atoms with Crippen molar-refractivity contribution >= 4 is 10.0 Å². The second kappa shape index (κ2) is 6.34. The maximum absolute atomic E-state index is 12.6. The molecule has 1 aromatic carbocycles. The quantitative estimate of drug-likeness (QED) is 0.899. The first-order chi connectivity index (χ1) is 9.83. The number of hydrogen-bond acceptors (Lipinski definition) is 4. The molecular formula is C15H24N2O3S. The summed E-state index contributed by atoms with van der Waals surface area (Å²) in [6.45, 7) is 7.84. The minimum atomic E-state index is -3.48. The number of nitrogens with one attached hydrogen (secondary N) is 1. The Labute approximate surface area is 127 Å². The summed E-state index contributed by atoms with van der Waals surface area (Å²) in [5.74, 6) is 0.745. The average molecular weight is 312 g/mol. The number of hydrogen-bond donors (Lipinski definition) is 1. The zero-order valence-electron chi connectivity index (χ0n) is 13.1. The number of rotatable bonds is 5. The number of sulfonamides is 1. The third kappa shape index (κ3) is 3.75. The molecule has 0 radical (unpaired) electrons. The lowest BCUT2D eigenvalue weighted by Gasteiger charge is -2.16. The summed E-state index contributed by atoms with van der Waals surface area (Å²) >= 11 is 0. The number of ether oxygens (including phenoxy) is 1. The van der Waals surface area contributed by atoms with Crippen molar-refractivity contribution in [1.29, 1.82) is 0 Å². The summed E-state index contributed by atoms with van der Waals surface area (Å²) in [7, 11) is -1.48. The molecule has 1 aliphatic heterocycles. The van der Waals surface area contributed by atoms with E-state index in [0.717, 1.165) is 30.8 Å². The Morgan fingerprint density at radius 1 is 1.33 bits per heavy atom. The highest BCUT2D eigenvalue weighted by Crippen LogP contribution is 2.26. The molecule has 1 aromatic rings. The first-order valence-corrected chi connectivity index (χ1v) is 8.76. The lowest BCUT2D eigenvalue weighted by Crippen LogP contribution is -2.36. The lowest BCUT2D eigenvalue weighted by molar-refractivity contribution is 0.337. The van der Waals surface area contributed by atoms with Gasteiger partial charge in [0.05, 0.1) is 11.5 Å². The summed E-state index contributed by atoms with van der Waals surface area (Å²) < 4.78 is 33.5. The SMILES string of the molecule is CCOc1cc(C)c(S(=O)(=O)NC2CCN(C)C2)cc1C. The van der Waals surface area contributed by atoms with Gasteiger partial charge in [-0.15, -0.1) is 0 Å². The normalized spacial score (nSPS) is 19.9. The van der Waals surface area contributed by atoms with Gasteiger partial charge in [0.2, 0.25) is 10.0 Å². The van der Waals surface area contributed by atoms with Gasteiger partial charge in [-0.1, -0.05) is 0 Å². The molecule has 1 atom stereocenters. The van der Waals surface area contributed by atoms with E-state index in [-0.39, 0.29) is 6.04 Å². The molecule has 0 aromatic heterocycles. The lowest BCUT2D eigenvalue weighted by atomic mass is 10.1. The van der Waals surface area contributed by atoms with Crippen LogP contribution in [0.25, 0.3) is 0 Å². The molecule has 118 valence electrons. The van der Waals surface area contributed by atoms with Gasteiger partial charge < -0.3 is 9.64 Å². The van der Waals surface area contributed by atoms with E-state index in [2.05, 4.69) is 9.62 Å². The smallest absolute Gasteiger partial charge is 0.241 e. The molecule has 0 saturated carbocycles. The second-order valence-corrected chi connectivity index (χ2v) is 7.37. The van der Waals surface area contributed by atoms with Crippen LogP contribution in [0.5, 0.6) is 5.75 Å². The van der Waals surface area contributed by atoms with Crippen molar-refractivity contribution < 1.29 is 13.2 Å². The van der Waals surface area contributed by atoms with Gasteiger partial charge in [0.15, 0.2) is 0 Å². The summed E-state index contributed by atoms with van der Waals surface area (Å²) in [4.78, 5) is 2.47. The van der Waals surface area contributed by atoms with Crippen LogP contribution in [0.15, 0.2) is 17.0 Å². The van der Waals surface area contributed by atoms with E-state index in [4.69, 9.17) is 4.74 Å². The maximum atomic E-state index is 12.6. The Morgan fingerprint density at radius 2 is 2.05 bits per heavy atom. The predicted octanol–water partition coefficient (Wildman–Crippen LogP) is 1.68. The number of likely N-dealkylation sites (tertiary alicyclic amines) is 1. The Hall–Kier alpha value is -1.11. The number of benzene rings is 1. The minimum absolute atomic E-state index is 0.00808. The highest BCUT2D eigenvalue weighted by atomic mass is 32.2. The van der Waals surface area contributed by atoms with Crippen molar-refractivity contribution in [3.63, 3.8) is 0 Å². The molecule has 1 fully saturated rings. The largest absolute Gasteiger partial charge is 0.494 e. The van der Waals surface area contributed by atoms with Gasteiger partial charge in [0, 0.05) is 12.6 Å². The van der Waals surface area contributed by atoms with Crippen LogP contribution in [-0.4, -0.2) is 46.1 Å². The first kappa shape index (κ1) is 16.3. The van der Waals surface area contributed by atoms with Gasteiger partial charge in [0.1, 0.15) is 5.75 Å². The van der Waals surface area contributed by atoms with Gasteiger partial charge in [-0.3, -0.25) is 0 Å². The van der Waals surface area contributed by atoms with Gasteiger partial charge in [-0.2, -0.15) is 0 Å². The van der Waals surface area contributed by atoms with E-state index in [1.54, 1.807) is 19.1 Å². The van der Waals surface area contributed by atoms with E-state index in [1.165, 1.54) is 0 Å². The molecule has 1 aliphatic rings. The Bertz CT molecular complexity index is 614. The van der Waals surface area contributed by atoms with Crippen molar-refractivity contribution in [2.45, 2.75) is 38.1 Å². The van der Waals surface area contributed by atoms with Crippen molar-refractivity contribution in [2.24, 2.45) is 0 Å². The topological polar surface area (TPSA) is 58.6 Å². The minimum Gasteiger partial charge on any atom is -0.494 e. The molecule has 0 spiro atoms. The molecular weight excluding hydrogens is 288 g/mol. The number of likely N-dealkylation sites (N-methyl/N-ethyl adjacent to an activating group) is 1. The van der Waals surface area contributed by atoms with Crippen LogP contribution in [-0.2, 0) is 10.0 Å². The van der Waals surface area contributed by atoms with Crippen LogP contribution in [0, 0.1) is 13.8 Å². The third-order valence-electron chi connectivity index (χ3n) is 3.78. The van der Waals surface area contributed by atoms with E-state index >= 15 is 0 Å². The fourth-order valence-electron chi connectivity index (χ4n) is 2.68. The highest BCUT2D eigenvalue weighted by Gasteiger charge is 2.26. The standard InChI is InChI=1S/C15H24N2O3S/c1-5-20-14-8-12(3)15(9-11(14)2)21(18,19)16-13-6-7-17(4)10-13/h8-9,13,16H,5-7,10H2,1-4H3. The number of nitrogens with zero attached hydrogens (tertiary/aromatic N) is 1. The second-order valence-electron chi connectivity index (χ2n) is 5.69. The fourth-order valence-corrected chi connectivity index (χ4v) is 4.25. The van der Waals surface area contributed by atoms with Crippen LogP contribution in [0.3, 0.4) is 0 Å². The van der Waals surface area contributed by atoms with Crippen molar-refractivity contribution in [3.05, 3.63) is 23.3 Å². The van der Waals surface area contributed by atoms with Crippen molar-refractivity contribution in [2.75, 3.05) is 26.7 Å². The van der Waals surface area contributed by atoms with Crippen molar-refractivity contribution in [3.8, 4) is 5.75 Å².